The molecule has 0 aliphatic carbocycles. The minimum absolute atomic E-state index is 0.246. The molecule has 0 N–H and O–H groups in total. The van der Waals surface area contributed by atoms with Crippen LogP contribution in [0.1, 0.15) is 94.3 Å². The van der Waals surface area contributed by atoms with Gasteiger partial charge in [0.2, 0.25) is 0 Å². The molecule has 0 saturated heterocycles. The van der Waals surface area contributed by atoms with E-state index < -0.39 is 0 Å². The zero-order valence-corrected chi connectivity index (χ0v) is 17.0. The quantitative estimate of drug-likeness (QED) is 0.368. The molecule has 0 atom stereocenters. The zero-order chi connectivity index (χ0) is 19.2. The summed E-state index contributed by atoms with van der Waals surface area (Å²) in [4.78, 5) is 12.2. The number of cyclic esters (lactones) is 1. The average Bonchev–Trinajstić information content (AvgIpc) is 2.68. The molecule has 1 heterocycles. The maximum atomic E-state index is 12.2. The minimum atomic E-state index is -0.246. The predicted molar refractivity (Wildman–Crippen MR) is 111 cm³/mol. The number of esters is 1. The van der Waals surface area contributed by atoms with Crippen LogP contribution in [0.5, 0.6) is 5.75 Å². The Morgan fingerprint density at radius 2 is 1.44 bits per heavy atom. The SMILES string of the molecule is C/C1=C\CCCCCOc2cccc(c2)C(=O)OCCCCCCCCC1. The van der Waals surface area contributed by atoms with Crippen molar-refractivity contribution in [2.75, 3.05) is 13.2 Å². The molecule has 0 aromatic heterocycles. The minimum Gasteiger partial charge on any atom is -0.494 e. The van der Waals surface area contributed by atoms with Gasteiger partial charge < -0.3 is 9.47 Å². The van der Waals surface area contributed by atoms with E-state index in [0.717, 1.165) is 25.0 Å². The van der Waals surface area contributed by atoms with E-state index in [1.165, 1.54) is 57.8 Å². The third-order valence-corrected chi connectivity index (χ3v) is 5.13. The molecule has 2 rings (SSSR count). The van der Waals surface area contributed by atoms with Gasteiger partial charge in [-0.15, -0.1) is 0 Å². The number of fused-ring (bicyclic) bond motifs is 2. The molecule has 27 heavy (non-hydrogen) atoms. The van der Waals surface area contributed by atoms with Crippen LogP contribution in [-0.4, -0.2) is 19.2 Å². The number of allylic oxidation sites excluding steroid dienone is 2. The van der Waals surface area contributed by atoms with Crippen LogP contribution in [0.25, 0.3) is 0 Å². The van der Waals surface area contributed by atoms with Crippen LogP contribution in [0.15, 0.2) is 35.9 Å². The topological polar surface area (TPSA) is 35.5 Å². The molecule has 0 spiro atoms. The Bertz CT molecular complexity index is 577. The van der Waals surface area contributed by atoms with E-state index >= 15 is 0 Å². The van der Waals surface area contributed by atoms with E-state index in [-0.39, 0.29) is 5.97 Å². The number of rotatable bonds is 0. The summed E-state index contributed by atoms with van der Waals surface area (Å²) in [5.41, 5.74) is 2.13. The first-order chi connectivity index (χ1) is 13.3. The van der Waals surface area contributed by atoms with Crippen molar-refractivity contribution in [2.45, 2.75) is 84.0 Å². The Balaban J connectivity index is 1.83. The normalized spacial score (nSPS) is 21.5. The monoisotopic (exact) mass is 372 g/mol. The van der Waals surface area contributed by atoms with Crippen molar-refractivity contribution in [2.24, 2.45) is 0 Å². The summed E-state index contributed by atoms with van der Waals surface area (Å²) in [6, 6.07) is 7.35. The van der Waals surface area contributed by atoms with E-state index in [1.807, 2.05) is 12.1 Å². The van der Waals surface area contributed by atoms with Gasteiger partial charge in [-0.2, -0.15) is 0 Å². The van der Waals surface area contributed by atoms with Gasteiger partial charge in [0, 0.05) is 0 Å². The molecule has 2 bridgehead atoms. The molecule has 3 heteroatoms. The molecule has 0 radical (unpaired) electrons. The largest absolute Gasteiger partial charge is 0.494 e. The first kappa shape index (κ1) is 21.5. The number of carbonyl (C=O) groups is 1. The Morgan fingerprint density at radius 1 is 0.778 bits per heavy atom. The van der Waals surface area contributed by atoms with Gasteiger partial charge in [-0.25, -0.2) is 4.79 Å². The highest BCUT2D eigenvalue weighted by Gasteiger charge is 2.08. The van der Waals surface area contributed by atoms with Crippen molar-refractivity contribution in [3.63, 3.8) is 0 Å². The van der Waals surface area contributed by atoms with Gasteiger partial charge in [-0.05, 0) is 70.1 Å². The van der Waals surface area contributed by atoms with E-state index in [9.17, 15) is 4.79 Å². The van der Waals surface area contributed by atoms with Crippen molar-refractivity contribution < 1.29 is 14.3 Å². The van der Waals surface area contributed by atoms with Gasteiger partial charge >= 0.3 is 5.97 Å². The number of hydrogen-bond acceptors (Lipinski definition) is 3. The van der Waals surface area contributed by atoms with E-state index in [0.29, 0.717) is 18.8 Å². The summed E-state index contributed by atoms with van der Waals surface area (Å²) in [5, 5.41) is 0. The van der Waals surface area contributed by atoms with Crippen molar-refractivity contribution in [1.29, 1.82) is 0 Å². The number of benzene rings is 1. The second kappa shape index (κ2) is 13.4. The summed E-state index contributed by atoms with van der Waals surface area (Å²) in [6.45, 7) is 3.48. The van der Waals surface area contributed by atoms with Gasteiger partial charge in [0.15, 0.2) is 0 Å². The van der Waals surface area contributed by atoms with E-state index in [1.54, 1.807) is 17.7 Å². The Morgan fingerprint density at radius 3 is 2.26 bits per heavy atom. The summed E-state index contributed by atoms with van der Waals surface area (Å²) < 4.78 is 11.2. The lowest BCUT2D eigenvalue weighted by Crippen LogP contribution is -2.07. The molecule has 0 saturated carbocycles. The van der Waals surface area contributed by atoms with Crippen LogP contribution < -0.4 is 4.74 Å². The molecular formula is C24H36O3. The lowest BCUT2D eigenvalue weighted by atomic mass is 10.0. The summed E-state index contributed by atoms with van der Waals surface area (Å²) in [7, 11) is 0. The molecule has 0 fully saturated rings. The molecule has 1 aromatic rings. The van der Waals surface area contributed by atoms with Gasteiger partial charge in [-0.3, -0.25) is 0 Å². The third kappa shape index (κ3) is 9.65. The smallest absolute Gasteiger partial charge is 0.338 e. The molecule has 150 valence electrons. The van der Waals surface area contributed by atoms with E-state index in [2.05, 4.69) is 13.0 Å². The molecule has 1 aliphatic rings. The fourth-order valence-electron chi connectivity index (χ4n) is 3.41. The first-order valence-electron chi connectivity index (χ1n) is 10.8. The Hall–Kier alpha value is -1.77. The third-order valence-electron chi connectivity index (χ3n) is 5.13. The number of hydrogen-bond donors (Lipinski definition) is 0. The average molecular weight is 373 g/mol. The van der Waals surface area contributed by atoms with Crippen LogP contribution in [0.4, 0.5) is 0 Å². The molecule has 0 unspecified atom stereocenters. The van der Waals surface area contributed by atoms with Gasteiger partial charge in [0.05, 0.1) is 18.8 Å². The lowest BCUT2D eigenvalue weighted by Gasteiger charge is -2.09. The lowest BCUT2D eigenvalue weighted by molar-refractivity contribution is 0.0497. The maximum Gasteiger partial charge on any atom is 0.338 e. The molecule has 0 amide bonds. The van der Waals surface area contributed by atoms with Gasteiger partial charge in [0.25, 0.3) is 0 Å². The number of ether oxygens (including phenoxy) is 2. The van der Waals surface area contributed by atoms with Crippen molar-refractivity contribution >= 4 is 5.97 Å². The fourth-order valence-corrected chi connectivity index (χ4v) is 3.41. The highest BCUT2D eigenvalue weighted by atomic mass is 16.5. The van der Waals surface area contributed by atoms with Gasteiger partial charge in [-0.1, -0.05) is 49.8 Å². The molecule has 1 aliphatic heterocycles. The highest BCUT2D eigenvalue weighted by Crippen LogP contribution is 2.17. The molecular weight excluding hydrogens is 336 g/mol. The molecule has 1 aromatic carbocycles. The van der Waals surface area contributed by atoms with Crippen LogP contribution in [0, 0.1) is 0 Å². The standard InChI is InChI=1S/C24H36O3/c1-21-14-9-5-3-2-4-7-12-19-27-24(25)22-16-13-17-23(20-22)26-18-11-8-6-10-15-21/h13,15-17,20H,2-12,14,18-19H2,1H3/b21-15+. The second-order valence-electron chi connectivity index (χ2n) is 7.64. The molecule has 3 nitrogen and oxygen atoms in total. The van der Waals surface area contributed by atoms with E-state index in [4.69, 9.17) is 9.47 Å². The summed E-state index contributed by atoms with van der Waals surface area (Å²) in [6.07, 6.45) is 16.8. The van der Waals surface area contributed by atoms with Gasteiger partial charge in [0.1, 0.15) is 5.75 Å². The summed E-state index contributed by atoms with van der Waals surface area (Å²) in [5.74, 6) is 0.507. The number of carbonyl (C=O) groups excluding carboxylic acids is 1. The fraction of sp³-hybridized carbons (Fsp3) is 0.625. The van der Waals surface area contributed by atoms with Crippen LogP contribution >= 0.6 is 0 Å². The van der Waals surface area contributed by atoms with Crippen molar-refractivity contribution in [1.82, 2.24) is 0 Å². The highest BCUT2D eigenvalue weighted by molar-refractivity contribution is 5.89. The Labute approximate surface area is 165 Å². The van der Waals surface area contributed by atoms with Crippen molar-refractivity contribution in [3.05, 3.63) is 41.5 Å². The zero-order valence-electron chi connectivity index (χ0n) is 17.0. The second-order valence-corrected chi connectivity index (χ2v) is 7.64. The van der Waals surface area contributed by atoms with Crippen LogP contribution in [0.3, 0.4) is 0 Å². The Kier molecular flexibility index (Phi) is 10.7. The summed E-state index contributed by atoms with van der Waals surface area (Å²) >= 11 is 0. The first-order valence-corrected chi connectivity index (χ1v) is 10.8. The van der Waals surface area contributed by atoms with Crippen molar-refractivity contribution in [3.8, 4) is 5.75 Å². The van der Waals surface area contributed by atoms with Crippen LogP contribution in [0.2, 0.25) is 0 Å². The maximum absolute atomic E-state index is 12.2. The van der Waals surface area contributed by atoms with Crippen LogP contribution in [-0.2, 0) is 4.74 Å². The predicted octanol–water partition coefficient (Wildman–Crippen LogP) is 6.86.